The second-order valence-corrected chi connectivity index (χ2v) is 5.00. The minimum Gasteiger partial charge on any atom is -0.386 e. The van der Waals surface area contributed by atoms with Crippen LogP contribution in [0.25, 0.3) is 0 Å². The van der Waals surface area contributed by atoms with Gasteiger partial charge in [0, 0.05) is 6.20 Å². The molecule has 1 atom stereocenters. The largest absolute Gasteiger partial charge is 0.386 e. The summed E-state index contributed by atoms with van der Waals surface area (Å²) in [5.74, 6) is 0.858. The van der Waals surface area contributed by atoms with Gasteiger partial charge < -0.3 is 16.2 Å². The van der Waals surface area contributed by atoms with Crippen LogP contribution in [-0.4, -0.2) is 22.6 Å². The van der Waals surface area contributed by atoms with Gasteiger partial charge >= 0.3 is 0 Å². The van der Waals surface area contributed by atoms with E-state index < -0.39 is 6.10 Å². The Morgan fingerprint density at radius 2 is 2.00 bits per heavy atom. The summed E-state index contributed by atoms with van der Waals surface area (Å²) in [7, 11) is 0. The molecule has 0 bridgehead atoms. The molecule has 5 nitrogen and oxygen atoms in total. The van der Waals surface area contributed by atoms with Crippen LogP contribution in [-0.2, 0) is 0 Å². The number of benzene rings is 1. The van der Waals surface area contributed by atoms with Crippen LogP contribution in [0.15, 0.2) is 47.6 Å². The Hall–Kier alpha value is -2.40. The number of aliphatic hydroxyl groups excluding tert-OH is 1. The molecule has 1 aromatic carbocycles. The van der Waals surface area contributed by atoms with Crippen LogP contribution in [0.1, 0.15) is 22.8 Å². The van der Waals surface area contributed by atoms with Crippen molar-refractivity contribution in [3.05, 3.63) is 59.3 Å². The minimum absolute atomic E-state index is 0.203. The van der Waals surface area contributed by atoms with Gasteiger partial charge in [0.2, 0.25) is 0 Å². The summed E-state index contributed by atoms with van der Waals surface area (Å²) in [4.78, 5) is 8.24. The van der Waals surface area contributed by atoms with E-state index in [1.807, 2.05) is 38.1 Å². The van der Waals surface area contributed by atoms with Crippen LogP contribution in [0.3, 0.4) is 0 Å². The number of nitrogens with one attached hydrogen (secondary N) is 1. The SMILES string of the molecule is Cc1cc(C)cc(C(O)CN=C(N)Nc2ccccn2)c1. The molecule has 0 aliphatic rings. The van der Waals surface area contributed by atoms with Crippen LogP contribution in [0.2, 0.25) is 0 Å². The van der Waals surface area contributed by atoms with Gasteiger partial charge in [-0.2, -0.15) is 0 Å². The molecule has 2 rings (SSSR count). The first kappa shape index (κ1) is 15.0. The molecule has 0 amide bonds. The molecule has 4 N–H and O–H groups in total. The fourth-order valence-corrected chi connectivity index (χ4v) is 2.10. The monoisotopic (exact) mass is 284 g/mol. The maximum atomic E-state index is 10.2. The minimum atomic E-state index is -0.673. The summed E-state index contributed by atoms with van der Waals surface area (Å²) in [5.41, 5.74) is 8.86. The van der Waals surface area contributed by atoms with Gasteiger partial charge in [-0.25, -0.2) is 4.98 Å². The zero-order valence-corrected chi connectivity index (χ0v) is 12.2. The molecule has 110 valence electrons. The fraction of sp³-hybridized carbons (Fsp3) is 0.250. The van der Waals surface area contributed by atoms with E-state index in [4.69, 9.17) is 5.73 Å². The molecular formula is C16H20N4O. The van der Waals surface area contributed by atoms with Gasteiger partial charge in [-0.15, -0.1) is 0 Å². The van der Waals surface area contributed by atoms with Crippen molar-refractivity contribution in [3.63, 3.8) is 0 Å². The van der Waals surface area contributed by atoms with Crippen LogP contribution >= 0.6 is 0 Å². The number of guanidine groups is 1. The molecule has 1 aromatic heterocycles. The maximum Gasteiger partial charge on any atom is 0.194 e. The topological polar surface area (TPSA) is 83.5 Å². The third-order valence-corrected chi connectivity index (χ3v) is 2.98. The highest BCUT2D eigenvalue weighted by molar-refractivity contribution is 5.91. The van der Waals surface area contributed by atoms with Crippen molar-refractivity contribution < 1.29 is 5.11 Å². The van der Waals surface area contributed by atoms with Gasteiger partial charge in [-0.3, -0.25) is 4.99 Å². The zero-order chi connectivity index (χ0) is 15.2. The first-order valence-corrected chi connectivity index (χ1v) is 6.79. The first-order chi connectivity index (χ1) is 10.0. The van der Waals surface area contributed by atoms with Crippen molar-refractivity contribution in [2.75, 3.05) is 11.9 Å². The van der Waals surface area contributed by atoms with Crippen LogP contribution in [0.5, 0.6) is 0 Å². The summed E-state index contributed by atoms with van der Waals surface area (Å²) in [5, 5.41) is 13.1. The summed E-state index contributed by atoms with van der Waals surface area (Å²) in [6.45, 7) is 4.21. The summed E-state index contributed by atoms with van der Waals surface area (Å²) in [6.07, 6.45) is 0.993. The molecule has 1 heterocycles. The maximum absolute atomic E-state index is 10.2. The van der Waals surface area contributed by atoms with Crippen molar-refractivity contribution in [1.29, 1.82) is 0 Å². The molecule has 0 fully saturated rings. The Labute approximate surface area is 124 Å². The van der Waals surface area contributed by atoms with Gasteiger partial charge in [0.05, 0.1) is 12.6 Å². The van der Waals surface area contributed by atoms with Gasteiger partial charge in [0.25, 0.3) is 0 Å². The van der Waals surface area contributed by atoms with E-state index in [9.17, 15) is 5.11 Å². The lowest BCUT2D eigenvalue weighted by molar-refractivity contribution is 0.187. The number of nitrogens with zero attached hydrogens (tertiary/aromatic N) is 2. The second kappa shape index (κ2) is 6.85. The standard InChI is InChI=1S/C16H20N4O/c1-11-7-12(2)9-13(8-11)14(21)10-19-16(17)20-15-5-3-4-6-18-15/h3-9,14,21H,10H2,1-2H3,(H3,17,18,19,20). The lowest BCUT2D eigenvalue weighted by atomic mass is 10.0. The molecule has 0 saturated heterocycles. The predicted octanol–water partition coefficient (Wildman–Crippen LogP) is 2.16. The molecule has 0 aliphatic carbocycles. The highest BCUT2D eigenvalue weighted by Gasteiger charge is 2.08. The Morgan fingerprint density at radius 3 is 2.62 bits per heavy atom. The fourth-order valence-electron chi connectivity index (χ4n) is 2.10. The number of pyridine rings is 1. The third kappa shape index (κ3) is 4.57. The van der Waals surface area contributed by atoms with Gasteiger partial charge in [0.15, 0.2) is 5.96 Å². The van der Waals surface area contributed by atoms with Gasteiger partial charge in [0.1, 0.15) is 5.82 Å². The normalized spacial score (nSPS) is 13.0. The Kier molecular flexibility index (Phi) is 4.90. The number of aliphatic imine (C=N–C) groups is 1. The Morgan fingerprint density at radius 1 is 1.29 bits per heavy atom. The van der Waals surface area contributed by atoms with Gasteiger partial charge in [-0.1, -0.05) is 35.4 Å². The van der Waals surface area contributed by atoms with Crippen molar-refractivity contribution in [1.82, 2.24) is 4.98 Å². The summed E-state index contributed by atoms with van der Waals surface area (Å²) in [6, 6.07) is 11.4. The van der Waals surface area contributed by atoms with E-state index in [2.05, 4.69) is 21.4 Å². The van der Waals surface area contributed by atoms with Crippen molar-refractivity contribution >= 4 is 11.8 Å². The van der Waals surface area contributed by atoms with Crippen LogP contribution < -0.4 is 11.1 Å². The smallest absolute Gasteiger partial charge is 0.194 e. The van der Waals surface area contributed by atoms with Crippen LogP contribution in [0, 0.1) is 13.8 Å². The number of aromatic nitrogens is 1. The number of hydrogen-bond acceptors (Lipinski definition) is 3. The average Bonchev–Trinajstić information content (AvgIpc) is 2.45. The lowest BCUT2D eigenvalue weighted by Crippen LogP contribution is -2.24. The highest BCUT2D eigenvalue weighted by atomic mass is 16.3. The molecule has 5 heteroatoms. The quantitative estimate of drug-likeness (QED) is 0.593. The zero-order valence-electron chi connectivity index (χ0n) is 12.2. The highest BCUT2D eigenvalue weighted by Crippen LogP contribution is 2.17. The predicted molar refractivity (Wildman–Crippen MR) is 85.2 cm³/mol. The third-order valence-electron chi connectivity index (χ3n) is 2.98. The van der Waals surface area contributed by atoms with Crippen molar-refractivity contribution in [2.24, 2.45) is 10.7 Å². The van der Waals surface area contributed by atoms with E-state index in [0.29, 0.717) is 5.82 Å². The number of aliphatic hydroxyl groups is 1. The number of rotatable bonds is 4. The molecule has 21 heavy (non-hydrogen) atoms. The van der Waals surface area contributed by atoms with Gasteiger partial charge in [-0.05, 0) is 31.5 Å². The van der Waals surface area contributed by atoms with E-state index >= 15 is 0 Å². The number of nitrogens with two attached hydrogens (primary N) is 1. The summed E-state index contributed by atoms with van der Waals surface area (Å²) < 4.78 is 0. The van der Waals surface area contributed by atoms with E-state index in [1.165, 1.54) is 0 Å². The lowest BCUT2D eigenvalue weighted by Gasteiger charge is -2.11. The first-order valence-electron chi connectivity index (χ1n) is 6.79. The Bertz CT molecular complexity index is 605. The van der Waals surface area contributed by atoms with E-state index in [-0.39, 0.29) is 12.5 Å². The number of aryl methyl sites for hydroxylation is 2. The molecule has 0 aliphatic heterocycles. The molecule has 0 radical (unpaired) electrons. The van der Waals surface area contributed by atoms with E-state index in [0.717, 1.165) is 16.7 Å². The second-order valence-electron chi connectivity index (χ2n) is 5.00. The van der Waals surface area contributed by atoms with E-state index in [1.54, 1.807) is 12.3 Å². The molecule has 0 saturated carbocycles. The molecule has 2 aromatic rings. The Balaban J connectivity index is 1.99. The summed E-state index contributed by atoms with van der Waals surface area (Å²) >= 11 is 0. The van der Waals surface area contributed by atoms with Crippen molar-refractivity contribution in [2.45, 2.75) is 20.0 Å². The van der Waals surface area contributed by atoms with Crippen LogP contribution in [0.4, 0.5) is 5.82 Å². The molecule has 0 spiro atoms. The van der Waals surface area contributed by atoms with Crippen molar-refractivity contribution in [3.8, 4) is 0 Å². The number of hydrogen-bond donors (Lipinski definition) is 3. The average molecular weight is 284 g/mol. The molecular weight excluding hydrogens is 264 g/mol. The number of anilines is 1. The molecule has 1 unspecified atom stereocenters.